The lowest BCUT2D eigenvalue weighted by atomic mass is 9.97. The van der Waals surface area contributed by atoms with Gasteiger partial charge in [0.05, 0.1) is 12.1 Å². The summed E-state index contributed by atoms with van der Waals surface area (Å²) in [5.41, 5.74) is 2.19. The Morgan fingerprint density at radius 2 is 1.81 bits per heavy atom. The van der Waals surface area contributed by atoms with Crippen molar-refractivity contribution in [2.24, 2.45) is 0 Å². The first-order chi connectivity index (χ1) is 10.1. The number of anilines is 1. The van der Waals surface area contributed by atoms with Crippen LogP contribution in [-0.4, -0.2) is 17.6 Å². The quantitative estimate of drug-likeness (QED) is 0.627. The van der Waals surface area contributed by atoms with Crippen molar-refractivity contribution in [2.75, 3.05) is 4.90 Å². The summed E-state index contributed by atoms with van der Waals surface area (Å²) >= 11 is 0. The van der Waals surface area contributed by atoms with Gasteiger partial charge < -0.3 is 0 Å². The minimum atomic E-state index is -0.345. The lowest BCUT2D eigenvalue weighted by Crippen LogP contribution is -2.42. The first-order valence-electron chi connectivity index (χ1n) is 6.64. The van der Waals surface area contributed by atoms with Crippen LogP contribution in [0, 0.1) is 0 Å². The van der Waals surface area contributed by atoms with Crippen LogP contribution in [0.25, 0.3) is 0 Å². The van der Waals surface area contributed by atoms with E-state index in [1.54, 1.807) is 42.5 Å². The van der Waals surface area contributed by atoms with Crippen LogP contribution in [0.1, 0.15) is 33.2 Å². The van der Waals surface area contributed by atoms with Crippen LogP contribution in [0.5, 0.6) is 0 Å². The van der Waals surface area contributed by atoms with Crippen molar-refractivity contribution in [1.29, 1.82) is 0 Å². The van der Waals surface area contributed by atoms with Crippen molar-refractivity contribution in [3.8, 4) is 0 Å². The molecule has 2 aromatic carbocycles. The van der Waals surface area contributed by atoms with E-state index in [2.05, 4.69) is 0 Å². The Balaban J connectivity index is 2.07. The van der Waals surface area contributed by atoms with Crippen LogP contribution in [0.15, 0.2) is 48.5 Å². The van der Waals surface area contributed by atoms with Gasteiger partial charge in [0.2, 0.25) is 5.91 Å². The predicted molar refractivity (Wildman–Crippen MR) is 78.4 cm³/mol. The van der Waals surface area contributed by atoms with E-state index >= 15 is 0 Å². The lowest BCUT2D eigenvalue weighted by Gasteiger charge is -2.27. The van der Waals surface area contributed by atoms with Crippen LogP contribution >= 0.6 is 0 Å². The van der Waals surface area contributed by atoms with E-state index in [-0.39, 0.29) is 24.0 Å². The molecular formula is C17H13NO3. The number of carbonyl (C=O) groups excluding carboxylic acids is 3. The van der Waals surface area contributed by atoms with Crippen LogP contribution in [0.4, 0.5) is 5.69 Å². The van der Waals surface area contributed by atoms with Gasteiger partial charge in [0, 0.05) is 11.1 Å². The van der Waals surface area contributed by atoms with Crippen LogP contribution in [-0.2, 0) is 11.2 Å². The molecule has 1 aliphatic rings. The molecule has 0 fully saturated rings. The van der Waals surface area contributed by atoms with E-state index in [4.69, 9.17) is 0 Å². The van der Waals surface area contributed by atoms with Crippen molar-refractivity contribution in [3.63, 3.8) is 0 Å². The Kier molecular flexibility index (Phi) is 3.14. The van der Waals surface area contributed by atoms with Gasteiger partial charge in [-0.25, -0.2) is 4.90 Å². The third-order valence-corrected chi connectivity index (χ3v) is 3.55. The van der Waals surface area contributed by atoms with E-state index in [0.717, 1.165) is 10.5 Å². The molecule has 21 heavy (non-hydrogen) atoms. The molecule has 1 heterocycles. The largest absolute Gasteiger partial charge is 0.295 e. The maximum atomic E-state index is 12.5. The van der Waals surface area contributed by atoms with E-state index in [9.17, 15) is 14.4 Å². The number of benzene rings is 2. The van der Waals surface area contributed by atoms with Gasteiger partial charge in [-0.3, -0.25) is 14.4 Å². The van der Waals surface area contributed by atoms with Gasteiger partial charge in [-0.15, -0.1) is 0 Å². The second-order valence-electron chi connectivity index (χ2n) is 4.97. The second-order valence-corrected chi connectivity index (χ2v) is 4.97. The average Bonchev–Trinajstić information content (AvgIpc) is 2.47. The number of Topliss-reactive ketones (excluding diaryl/α,β-unsaturated/α-hetero) is 1. The number of fused-ring (bicyclic) bond motifs is 1. The predicted octanol–water partition coefficient (Wildman–Crippen LogP) is 2.62. The summed E-state index contributed by atoms with van der Waals surface area (Å²) in [6, 6.07) is 13.7. The smallest absolute Gasteiger partial charge is 0.265 e. The fraction of sp³-hybridized carbons (Fsp3) is 0.118. The molecular weight excluding hydrogens is 266 g/mol. The molecule has 0 saturated carbocycles. The average molecular weight is 279 g/mol. The van der Waals surface area contributed by atoms with Crippen molar-refractivity contribution < 1.29 is 14.4 Å². The highest BCUT2D eigenvalue weighted by Gasteiger charge is 2.31. The molecule has 0 atom stereocenters. The second kappa shape index (κ2) is 4.98. The number of hydrogen-bond donors (Lipinski definition) is 0. The molecule has 0 aliphatic carbocycles. The number of amides is 2. The monoisotopic (exact) mass is 279 g/mol. The zero-order valence-corrected chi connectivity index (χ0v) is 11.5. The number of carbonyl (C=O) groups is 3. The molecule has 3 rings (SSSR count). The number of imide groups is 1. The van der Waals surface area contributed by atoms with Crippen LogP contribution in [0.2, 0.25) is 0 Å². The van der Waals surface area contributed by atoms with Crippen LogP contribution < -0.4 is 4.90 Å². The first kappa shape index (κ1) is 13.2. The molecule has 4 heteroatoms. The molecule has 0 saturated heterocycles. The van der Waals surface area contributed by atoms with Crippen molar-refractivity contribution in [3.05, 3.63) is 65.2 Å². The van der Waals surface area contributed by atoms with Gasteiger partial charge in [0.25, 0.3) is 5.91 Å². The van der Waals surface area contributed by atoms with E-state index < -0.39 is 0 Å². The van der Waals surface area contributed by atoms with Gasteiger partial charge >= 0.3 is 0 Å². The topological polar surface area (TPSA) is 54.5 Å². The maximum absolute atomic E-state index is 12.5. The highest BCUT2D eigenvalue weighted by molar-refractivity contribution is 6.24. The third kappa shape index (κ3) is 2.25. The summed E-state index contributed by atoms with van der Waals surface area (Å²) < 4.78 is 0. The molecule has 2 amide bonds. The Hall–Kier alpha value is -2.75. The minimum absolute atomic E-state index is 0.103. The molecule has 0 bridgehead atoms. The first-order valence-corrected chi connectivity index (χ1v) is 6.64. The summed E-state index contributed by atoms with van der Waals surface area (Å²) in [5.74, 6) is -0.726. The van der Waals surface area contributed by atoms with Gasteiger partial charge in [0.15, 0.2) is 5.78 Å². The lowest BCUT2D eigenvalue weighted by molar-refractivity contribution is -0.117. The van der Waals surface area contributed by atoms with Crippen molar-refractivity contribution in [2.45, 2.75) is 13.3 Å². The number of nitrogens with zero attached hydrogens (tertiary/aromatic N) is 1. The summed E-state index contributed by atoms with van der Waals surface area (Å²) in [6.07, 6.45) is 0.187. The van der Waals surface area contributed by atoms with Gasteiger partial charge in [-0.2, -0.15) is 0 Å². The van der Waals surface area contributed by atoms with E-state index in [1.165, 1.54) is 6.92 Å². The summed E-state index contributed by atoms with van der Waals surface area (Å²) in [6.45, 7) is 1.45. The Labute approximate surface area is 122 Å². The Bertz CT molecular complexity index is 764. The highest BCUT2D eigenvalue weighted by atomic mass is 16.2. The summed E-state index contributed by atoms with van der Waals surface area (Å²) in [4.78, 5) is 37.4. The number of ketones is 1. The SMILES string of the molecule is CC(=O)c1cccc(N2C(=O)Cc3ccccc3C2=O)c1. The molecule has 4 nitrogen and oxygen atoms in total. The molecule has 0 radical (unpaired) electrons. The normalized spacial score (nSPS) is 14.0. The standard InChI is InChI=1S/C17H13NO3/c1-11(19)12-6-4-7-14(9-12)18-16(20)10-13-5-2-3-8-15(13)17(18)21/h2-9H,10H2,1H3. The number of hydrogen-bond acceptors (Lipinski definition) is 3. The van der Waals surface area contributed by atoms with E-state index in [0.29, 0.717) is 16.8 Å². The van der Waals surface area contributed by atoms with Crippen LogP contribution in [0.3, 0.4) is 0 Å². The Morgan fingerprint density at radius 1 is 1.05 bits per heavy atom. The summed E-state index contributed by atoms with van der Waals surface area (Å²) in [7, 11) is 0. The molecule has 0 unspecified atom stereocenters. The maximum Gasteiger partial charge on any atom is 0.265 e. The van der Waals surface area contributed by atoms with E-state index in [1.807, 2.05) is 6.07 Å². The molecule has 2 aromatic rings. The van der Waals surface area contributed by atoms with Gasteiger partial charge in [-0.1, -0.05) is 30.3 Å². The minimum Gasteiger partial charge on any atom is -0.295 e. The molecule has 1 aliphatic heterocycles. The zero-order chi connectivity index (χ0) is 15.0. The van der Waals surface area contributed by atoms with Gasteiger partial charge in [-0.05, 0) is 30.7 Å². The molecule has 0 spiro atoms. The fourth-order valence-corrected chi connectivity index (χ4v) is 2.48. The fourth-order valence-electron chi connectivity index (χ4n) is 2.48. The molecule has 0 aromatic heterocycles. The van der Waals surface area contributed by atoms with Gasteiger partial charge in [0.1, 0.15) is 0 Å². The molecule has 104 valence electrons. The molecule has 0 N–H and O–H groups in total. The van der Waals surface area contributed by atoms with Crippen molar-refractivity contribution >= 4 is 23.3 Å². The highest BCUT2D eigenvalue weighted by Crippen LogP contribution is 2.26. The Morgan fingerprint density at radius 3 is 2.57 bits per heavy atom. The number of rotatable bonds is 2. The third-order valence-electron chi connectivity index (χ3n) is 3.55. The zero-order valence-electron chi connectivity index (χ0n) is 11.5. The van der Waals surface area contributed by atoms with Crippen molar-refractivity contribution in [1.82, 2.24) is 0 Å². The summed E-state index contributed by atoms with van der Waals surface area (Å²) in [5, 5.41) is 0.